The van der Waals surface area contributed by atoms with Gasteiger partial charge in [0.15, 0.2) is 0 Å². The molecule has 2 aromatic carbocycles. The third-order valence-corrected chi connectivity index (χ3v) is 4.10. The van der Waals surface area contributed by atoms with Crippen molar-refractivity contribution in [1.82, 2.24) is 10.3 Å². The first-order valence-corrected chi connectivity index (χ1v) is 9.05. The molecule has 0 unspecified atom stereocenters. The first kappa shape index (κ1) is 19.9. The number of amides is 2. The van der Waals surface area contributed by atoms with Crippen LogP contribution >= 0.6 is 0 Å². The van der Waals surface area contributed by atoms with Crippen LogP contribution in [0.5, 0.6) is 5.75 Å². The van der Waals surface area contributed by atoms with Crippen LogP contribution in [-0.2, 0) is 11.3 Å². The summed E-state index contributed by atoms with van der Waals surface area (Å²) in [6.45, 7) is 1.80. The van der Waals surface area contributed by atoms with E-state index in [4.69, 9.17) is 4.74 Å². The van der Waals surface area contributed by atoms with Gasteiger partial charge in [-0.15, -0.1) is 0 Å². The molecule has 3 rings (SSSR count). The quantitative estimate of drug-likeness (QED) is 0.572. The summed E-state index contributed by atoms with van der Waals surface area (Å²) in [4.78, 5) is 27.9. The van der Waals surface area contributed by atoms with Gasteiger partial charge in [0.05, 0.1) is 24.6 Å². The van der Waals surface area contributed by atoms with Crippen molar-refractivity contribution < 1.29 is 14.3 Å². The van der Waals surface area contributed by atoms with Gasteiger partial charge < -0.3 is 20.7 Å². The summed E-state index contributed by atoms with van der Waals surface area (Å²) in [5, 5.41) is 8.80. The Bertz CT molecular complexity index is 1020. The first-order chi connectivity index (χ1) is 14.0. The number of hydrogen-bond acceptors (Lipinski definition) is 5. The van der Waals surface area contributed by atoms with Gasteiger partial charge in [0.1, 0.15) is 5.75 Å². The molecule has 0 saturated carbocycles. The van der Waals surface area contributed by atoms with Gasteiger partial charge in [-0.25, -0.2) is 0 Å². The first-order valence-electron chi connectivity index (χ1n) is 9.05. The summed E-state index contributed by atoms with van der Waals surface area (Å²) in [6, 6.07) is 16.5. The second kappa shape index (κ2) is 9.36. The van der Waals surface area contributed by atoms with Crippen molar-refractivity contribution in [2.75, 3.05) is 17.7 Å². The molecule has 1 aromatic heterocycles. The number of para-hydroxylation sites is 1. The Morgan fingerprint density at radius 1 is 0.966 bits per heavy atom. The molecule has 0 spiro atoms. The van der Waals surface area contributed by atoms with Crippen LogP contribution in [-0.4, -0.2) is 23.9 Å². The lowest BCUT2D eigenvalue weighted by atomic mass is 10.2. The predicted octanol–water partition coefficient (Wildman–Crippen LogP) is 3.72. The highest BCUT2D eigenvalue weighted by Crippen LogP contribution is 2.21. The number of anilines is 3. The zero-order valence-electron chi connectivity index (χ0n) is 16.2. The summed E-state index contributed by atoms with van der Waals surface area (Å²) < 4.78 is 5.30. The third kappa shape index (κ3) is 5.55. The summed E-state index contributed by atoms with van der Waals surface area (Å²) in [5.41, 5.74) is 3.43. The number of carbonyl (C=O) groups is 2. The molecule has 2 amide bonds. The molecule has 1 heterocycles. The zero-order valence-corrected chi connectivity index (χ0v) is 16.2. The normalized spacial score (nSPS) is 10.1. The molecule has 3 N–H and O–H groups in total. The Balaban J connectivity index is 1.67. The summed E-state index contributed by atoms with van der Waals surface area (Å²) in [5.74, 6) is 0.344. The van der Waals surface area contributed by atoms with E-state index in [-0.39, 0.29) is 11.8 Å². The molecule has 29 heavy (non-hydrogen) atoms. The maximum Gasteiger partial charge on any atom is 0.253 e. The zero-order chi connectivity index (χ0) is 20.6. The molecule has 3 aromatic rings. The van der Waals surface area contributed by atoms with Crippen LogP contribution in [0.3, 0.4) is 0 Å². The van der Waals surface area contributed by atoms with E-state index < -0.39 is 0 Å². The summed E-state index contributed by atoms with van der Waals surface area (Å²) >= 11 is 0. The number of pyridine rings is 1. The molecule has 0 radical (unpaired) electrons. The van der Waals surface area contributed by atoms with E-state index in [2.05, 4.69) is 20.9 Å². The molecule has 7 nitrogen and oxygen atoms in total. The maximum atomic E-state index is 12.5. The van der Waals surface area contributed by atoms with Crippen LogP contribution in [0.4, 0.5) is 17.1 Å². The Hall–Kier alpha value is -3.87. The van der Waals surface area contributed by atoms with Crippen molar-refractivity contribution in [2.45, 2.75) is 13.5 Å². The second-order valence-corrected chi connectivity index (χ2v) is 6.34. The fourth-order valence-corrected chi connectivity index (χ4v) is 2.80. The van der Waals surface area contributed by atoms with Gasteiger partial charge in [-0.3, -0.25) is 14.6 Å². The van der Waals surface area contributed by atoms with Gasteiger partial charge in [-0.2, -0.15) is 0 Å². The van der Waals surface area contributed by atoms with Crippen LogP contribution in [0, 0.1) is 0 Å². The third-order valence-electron chi connectivity index (χ3n) is 4.10. The van der Waals surface area contributed by atoms with Crippen LogP contribution in [0.15, 0.2) is 67.0 Å². The van der Waals surface area contributed by atoms with Crippen LogP contribution < -0.4 is 20.7 Å². The molecule has 0 aliphatic carbocycles. The standard InChI is InChI=1S/C22H22N4O3/c1-15(27)25-18-7-5-8-19(11-18)26-20-10-17(12-23-14-20)22(28)24-13-16-6-3-4-9-21(16)29-2/h3-12,14,26H,13H2,1-2H3,(H,24,28)(H,25,27). The minimum atomic E-state index is -0.237. The molecule has 148 valence electrons. The van der Waals surface area contributed by atoms with Crippen molar-refractivity contribution in [3.05, 3.63) is 78.1 Å². The monoisotopic (exact) mass is 390 g/mol. The number of rotatable bonds is 7. The van der Waals surface area contributed by atoms with Gasteiger partial charge in [-0.1, -0.05) is 24.3 Å². The lowest BCUT2D eigenvalue weighted by molar-refractivity contribution is -0.114. The smallest absolute Gasteiger partial charge is 0.253 e. The number of nitrogens with zero attached hydrogens (tertiary/aromatic N) is 1. The van der Waals surface area contributed by atoms with E-state index >= 15 is 0 Å². The Morgan fingerprint density at radius 2 is 1.76 bits per heavy atom. The van der Waals surface area contributed by atoms with E-state index in [1.165, 1.54) is 13.1 Å². The average Bonchev–Trinajstić information content (AvgIpc) is 2.72. The molecule has 7 heteroatoms. The van der Waals surface area contributed by atoms with Crippen molar-refractivity contribution in [3.63, 3.8) is 0 Å². The summed E-state index contributed by atoms with van der Waals surface area (Å²) in [7, 11) is 1.60. The number of aromatic nitrogens is 1. The highest BCUT2D eigenvalue weighted by Gasteiger charge is 2.09. The number of benzene rings is 2. The van der Waals surface area contributed by atoms with Gasteiger partial charge in [0.25, 0.3) is 5.91 Å². The Labute approximate surface area is 169 Å². The van der Waals surface area contributed by atoms with Crippen molar-refractivity contribution in [2.24, 2.45) is 0 Å². The maximum absolute atomic E-state index is 12.5. The van der Waals surface area contributed by atoms with Crippen LogP contribution in [0.2, 0.25) is 0 Å². The molecule has 0 aliphatic rings. The Morgan fingerprint density at radius 3 is 2.55 bits per heavy atom. The van der Waals surface area contributed by atoms with E-state index in [0.717, 1.165) is 17.0 Å². The second-order valence-electron chi connectivity index (χ2n) is 6.34. The fraction of sp³-hybridized carbons (Fsp3) is 0.136. The van der Waals surface area contributed by atoms with Crippen molar-refractivity contribution >= 4 is 28.9 Å². The number of nitrogens with one attached hydrogen (secondary N) is 3. The predicted molar refractivity (Wildman–Crippen MR) is 112 cm³/mol. The minimum Gasteiger partial charge on any atom is -0.496 e. The SMILES string of the molecule is COc1ccccc1CNC(=O)c1cncc(Nc2cccc(NC(C)=O)c2)c1. The van der Waals surface area contributed by atoms with E-state index in [1.54, 1.807) is 31.5 Å². The van der Waals surface area contributed by atoms with E-state index in [9.17, 15) is 9.59 Å². The molecule has 0 bridgehead atoms. The van der Waals surface area contributed by atoms with Crippen molar-refractivity contribution in [3.8, 4) is 5.75 Å². The lowest BCUT2D eigenvalue weighted by Crippen LogP contribution is -2.23. The number of carbonyl (C=O) groups excluding carboxylic acids is 2. The summed E-state index contributed by atoms with van der Waals surface area (Å²) in [6.07, 6.45) is 3.14. The highest BCUT2D eigenvalue weighted by molar-refractivity contribution is 5.95. The molecular formula is C22H22N4O3. The van der Waals surface area contributed by atoms with Gasteiger partial charge in [-0.05, 0) is 30.3 Å². The molecule has 0 saturated heterocycles. The average molecular weight is 390 g/mol. The van der Waals surface area contributed by atoms with Crippen molar-refractivity contribution in [1.29, 1.82) is 0 Å². The molecular weight excluding hydrogens is 368 g/mol. The molecule has 0 fully saturated rings. The van der Waals surface area contributed by atoms with E-state index in [1.807, 2.05) is 36.4 Å². The topological polar surface area (TPSA) is 92.3 Å². The van der Waals surface area contributed by atoms with Gasteiger partial charge in [0, 0.05) is 36.6 Å². The van der Waals surface area contributed by atoms with Gasteiger partial charge in [0.2, 0.25) is 5.91 Å². The lowest BCUT2D eigenvalue weighted by Gasteiger charge is -2.11. The van der Waals surface area contributed by atoms with Gasteiger partial charge >= 0.3 is 0 Å². The fourth-order valence-electron chi connectivity index (χ4n) is 2.80. The van der Waals surface area contributed by atoms with Crippen LogP contribution in [0.25, 0.3) is 0 Å². The number of hydrogen-bond donors (Lipinski definition) is 3. The highest BCUT2D eigenvalue weighted by atomic mass is 16.5. The van der Waals surface area contributed by atoms with E-state index in [0.29, 0.717) is 23.5 Å². The Kier molecular flexibility index (Phi) is 6.42. The molecule has 0 aliphatic heterocycles. The number of ether oxygens (including phenoxy) is 1. The molecule has 0 atom stereocenters. The number of methoxy groups -OCH3 is 1. The largest absolute Gasteiger partial charge is 0.496 e. The van der Waals surface area contributed by atoms with Crippen LogP contribution in [0.1, 0.15) is 22.8 Å². The minimum absolute atomic E-state index is 0.141.